The van der Waals surface area contributed by atoms with Crippen LogP contribution in [0.2, 0.25) is 0 Å². The van der Waals surface area contributed by atoms with Crippen molar-refractivity contribution in [3.05, 3.63) is 35.3 Å². The molecule has 2 aromatic rings. The van der Waals surface area contributed by atoms with Gasteiger partial charge >= 0.3 is 0 Å². The Kier molecular flexibility index (Phi) is 3.88. The first kappa shape index (κ1) is 13.9. The van der Waals surface area contributed by atoms with Crippen molar-refractivity contribution in [2.45, 2.75) is 19.9 Å². The van der Waals surface area contributed by atoms with E-state index in [-0.39, 0.29) is 5.69 Å². The van der Waals surface area contributed by atoms with Crippen molar-refractivity contribution in [3.8, 4) is 0 Å². The zero-order valence-corrected chi connectivity index (χ0v) is 11.6. The van der Waals surface area contributed by atoms with Crippen molar-refractivity contribution in [2.75, 3.05) is 11.1 Å². The van der Waals surface area contributed by atoms with Crippen LogP contribution in [0, 0.1) is 0 Å². The molecule has 0 saturated carbocycles. The van der Waals surface area contributed by atoms with Gasteiger partial charge in [-0.1, -0.05) is 6.92 Å². The highest BCUT2D eigenvalue weighted by atomic mass is 16.1. The molecule has 1 amide bonds. The summed E-state index contributed by atoms with van der Waals surface area (Å²) >= 11 is 0. The number of aryl methyl sites for hydroxylation is 2. The van der Waals surface area contributed by atoms with E-state index < -0.39 is 5.91 Å². The van der Waals surface area contributed by atoms with E-state index in [1.807, 2.05) is 20.2 Å². The van der Waals surface area contributed by atoms with Gasteiger partial charge in [0.2, 0.25) is 0 Å². The van der Waals surface area contributed by atoms with Crippen LogP contribution >= 0.6 is 0 Å². The summed E-state index contributed by atoms with van der Waals surface area (Å²) in [5.74, 6) is -0.129. The fourth-order valence-electron chi connectivity index (χ4n) is 1.96. The molecule has 0 aliphatic rings. The molecule has 0 fully saturated rings. The Labute approximate surface area is 117 Å². The summed E-state index contributed by atoms with van der Waals surface area (Å²) in [6.07, 6.45) is 2.79. The molecule has 20 heavy (non-hydrogen) atoms. The molecule has 5 N–H and O–H groups in total. The highest BCUT2D eigenvalue weighted by molar-refractivity contribution is 5.91. The highest BCUT2D eigenvalue weighted by Gasteiger charge is 2.09. The van der Waals surface area contributed by atoms with Crippen molar-refractivity contribution in [3.63, 3.8) is 0 Å². The summed E-state index contributed by atoms with van der Waals surface area (Å²) in [7, 11) is 1.88. The first-order valence-electron chi connectivity index (χ1n) is 6.32. The van der Waals surface area contributed by atoms with Crippen LogP contribution in [0.4, 0.5) is 11.5 Å². The van der Waals surface area contributed by atoms with E-state index in [1.165, 1.54) is 6.07 Å². The number of nitrogen functional groups attached to an aromatic ring is 1. The third kappa shape index (κ3) is 2.87. The smallest absolute Gasteiger partial charge is 0.267 e. The van der Waals surface area contributed by atoms with Gasteiger partial charge in [0.15, 0.2) is 0 Å². The van der Waals surface area contributed by atoms with Crippen LogP contribution in [0.5, 0.6) is 0 Å². The van der Waals surface area contributed by atoms with Crippen LogP contribution in [0.15, 0.2) is 18.3 Å². The number of nitrogens with one attached hydrogen (secondary N) is 1. The summed E-state index contributed by atoms with van der Waals surface area (Å²) in [6, 6.07) is 3.11. The zero-order valence-electron chi connectivity index (χ0n) is 11.6. The normalized spacial score (nSPS) is 10.5. The molecule has 106 valence electrons. The lowest BCUT2D eigenvalue weighted by atomic mass is 10.2. The van der Waals surface area contributed by atoms with E-state index in [4.69, 9.17) is 11.5 Å². The van der Waals surface area contributed by atoms with Gasteiger partial charge in [-0.05, 0) is 18.6 Å². The number of nitrogens with zero attached hydrogens (tertiary/aromatic N) is 3. The van der Waals surface area contributed by atoms with Gasteiger partial charge < -0.3 is 16.8 Å². The number of hydrogen-bond donors (Lipinski definition) is 3. The number of hydrogen-bond acceptors (Lipinski definition) is 5. The second kappa shape index (κ2) is 5.60. The molecule has 2 heterocycles. The van der Waals surface area contributed by atoms with Crippen LogP contribution in [0.1, 0.15) is 28.7 Å². The van der Waals surface area contributed by atoms with Gasteiger partial charge in [0, 0.05) is 25.4 Å². The fraction of sp³-hybridized carbons (Fsp3) is 0.308. The third-order valence-electron chi connectivity index (χ3n) is 2.95. The Bertz CT molecular complexity index is 634. The topological polar surface area (TPSA) is 112 Å². The maximum atomic E-state index is 11.1. The summed E-state index contributed by atoms with van der Waals surface area (Å²) in [6.45, 7) is 2.59. The van der Waals surface area contributed by atoms with Crippen molar-refractivity contribution < 1.29 is 4.79 Å². The lowest BCUT2D eigenvalue weighted by molar-refractivity contribution is 0.0996. The first-order valence-corrected chi connectivity index (χ1v) is 6.32. The van der Waals surface area contributed by atoms with Crippen LogP contribution in [0.3, 0.4) is 0 Å². The molecule has 0 saturated heterocycles. The van der Waals surface area contributed by atoms with E-state index in [0.29, 0.717) is 18.1 Å². The van der Waals surface area contributed by atoms with Gasteiger partial charge in [0.05, 0.1) is 11.4 Å². The lowest BCUT2D eigenvalue weighted by Crippen LogP contribution is -2.15. The monoisotopic (exact) mass is 274 g/mol. The molecule has 0 radical (unpaired) electrons. The number of amides is 1. The molecule has 0 spiro atoms. The molecule has 7 nitrogen and oxygen atoms in total. The third-order valence-corrected chi connectivity index (χ3v) is 2.95. The molecular formula is C13H18N6O. The number of carbonyl (C=O) groups is 1. The Morgan fingerprint density at radius 1 is 1.45 bits per heavy atom. The van der Waals surface area contributed by atoms with Crippen LogP contribution in [-0.2, 0) is 20.0 Å². The number of nitrogens with two attached hydrogens (primary N) is 2. The van der Waals surface area contributed by atoms with Gasteiger partial charge in [-0.15, -0.1) is 0 Å². The van der Waals surface area contributed by atoms with Crippen molar-refractivity contribution in [1.82, 2.24) is 14.8 Å². The van der Waals surface area contributed by atoms with Crippen molar-refractivity contribution in [2.24, 2.45) is 12.8 Å². The Hall–Kier alpha value is -2.57. The maximum Gasteiger partial charge on any atom is 0.267 e. The number of anilines is 2. The van der Waals surface area contributed by atoms with Crippen molar-refractivity contribution >= 4 is 17.4 Å². The molecule has 0 unspecified atom stereocenters. The minimum Gasteiger partial charge on any atom is -0.396 e. The molecule has 7 heteroatoms. The zero-order chi connectivity index (χ0) is 14.7. The number of rotatable bonds is 5. The molecule has 0 atom stereocenters. The standard InChI is InChI=1S/C13H18N6O/c1-3-10-8(7-19(2)18-10)6-16-13-9(14)4-5-11(17-13)12(15)20/h4-5,7H,3,6,14H2,1-2H3,(H2,15,20)(H,16,17). The summed E-state index contributed by atoms with van der Waals surface area (Å²) < 4.78 is 1.77. The van der Waals surface area contributed by atoms with Gasteiger partial charge in [0.25, 0.3) is 5.91 Å². The summed E-state index contributed by atoms with van der Waals surface area (Å²) in [4.78, 5) is 15.2. The number of aromatic nitrogens is 3. The molecule has 2 aromatic heterocycles. The molecule has 0 aliphatic heterocycles. The number of primary amides is 1. The van der Waals surface area contributed by atoms with E-state index in [1.54, 1.807) is 10.7 Å². The second-order valence-corrected chi connectivity index (χ2v) is 4.48. The largest absolute Gasteiger partial charge is 0.396 e. The van der Waals surface area contributed by atoms with Crippen LogP contribution in [-0.4, -0.2) is 20.7 Å². The fourth-order valence-corrected chi connectivity index (χ4v) is 1.96. The molecule has 2 rings (SSSR count). The van der Waals surface area contributed by atoms with Gasteiger partial charge in [0.1, 0.15) is 11.5 Å². The number of carbonyl (C=O) groups excluding carboxylic acids is 1. The average Bonchev–Trinajstić information content (AvgIpc) is 2.77. The first-order chi connectivity index (χ1) is 9.51. The van der Waals surface area contributed by atoms with E-state index in [9.17, 15) is 4.79 Å². The number of pyridine rings is 1. The molecule has 0 aromatic carbocycles. The predicted molar refractivity (Wildman–Crippen MR) is 77.1 cm³/mol. The van der Waals surface area contributed by atoms with Crippen LogP contribution in [0.25, 0.3) is 0 Å². The minimum atomic E-state index is -0.580. The van der Waals surface area contributed by atoms with Gasteiger partial charge in [-0.25, -0.2) is 4.98 Å². The highest BCUT2D eigenvalue weighted by Crippen LogP contribution is 2.17. The Morgan fingerprint density at radius 3 is 2.85 bits per heavy atom. The Morgan fingerprint density at radius 2 is 2.20 bits per heavy atom. The van der Waals surface area contributed by atoms with Gasteiger partial charge in [-0.2, -0.15) is 5.10 Å². The van der Waals surface area contributed by atoms with E-state index >= 15 is 0 Å². The summed E-state index contributed by atoms with van der Waals surface area (Å²) in [5, 5.41) is 7.48. The predicted octanol–water partition coefficient (Wildman–Crippen LogP) is 0.671. The van der Waals surface area contributed by atoms with Crippen LogP contribution < -0.4 is 16.8 Å². The molecular weight excluding hydrogens is 256 g/mol. The SMILES string of the molecule is CCc1nn(C)cc1CNc1nc(C(N)=O)ccc1N. The summed E-state index contributed by atoms with van der Waals surface area (Å²) in [5.41, 5.74) is 13.8. The van der Waals surface area contributed by atoms with Gasteiger partial charge in [-0.3, -0.25) is 9.48 Å². The molecule has 0 bridgehead atoms. The Balaban J connectivity index is 2.18. The quantitative estimate of drug-likeness (QED) is 0.742. The van der Waals surface area contributed by atoms with E-state index in [0.717, 1.165) is 17.7 Å². The van der Waals surface area contributed by atoms with E-state index in [2.05, 4.69) is 15.4 Å². The minimum absolute atomic E-state index is 0.184. The molecule has 0 aliphatic carbocycles. The maximum absolute atomic E-state index is 11.1. The second-order valence-electron chi connectivity index (χ2n) is 4.48. The van der Waals surface area contributed by atoms with Crippen molar-refractivity contribution in [1.29, 1.82) is 0 Å². The average molecular weight is 274 g/mol. The lowest BCUT2D eigenvalue weighted by Gasteiger charge is -2.09.